The first kappa shape index (κ1) is 32.5. The van der Waals surface area contributed by atoms with Crippen molar-refractivity contribution in [3.8, 4) is 11.3 Å². The van der Waals surface area contributed by atoms with Gasteiger partial charge in [0.1, 0.15) is 34.9 Å². The average Bonchev–Trinajstić information content (AvgIpc) is 3.62. The smallest absolute Gasteiger partial charge is 0.333 e. The van der Waals surface area contributed by atoms with Crippen LogP contribution < -0.4 is 14.5 Å². The van der Waals surface area contributed by atoms with Gasteiger partial charge < -0.3 is 19.5 Å². The zero-order valence-corrected chi connectivity index (χ0v) is 27.9. The van der Waals surface area contributed by atoms with E-state index in [1.54, 1.807) is 18.2 Å². The Bertz CT molecular complexity index is 2380. The van der Waals surface area contributed by atoms with E-state index in [4.69, 9.17) is 4.42 Å². The van der Waals surface area contributed by atoms with Crippen LogP contribution in [-0.4, -0.2) is 61.6 Å². The second-order valence-electron chi connectivity index (χ2n) is 11.7. The molecule has 0 saturated heterocycles. The highest BCUT2D eigenvalue weighted by atomic mass is 32.2. The maximum atomic E-state index is 17.1. The number of carbonyl (C=O) groups excluding carboxylic acids is 1. The van der Waals surface area contributed by atoms with E-state index in [-0.39, 0.29) is 62.9 Å². The molecule has 0 bridgehead atoms. The minimum Gasteiger partial charge on any atom is -0.455 e. The van der Waals surface area contributed by atoms with Gasteiger partial charge in [-0.2, -0.15) is 5.12 Å². The summed E-state index contributed by atoms with van der Waals surface area (Å²) in [5, 5.41) is 3.17. The number of rotatable bonds is 7. The van der Waals surface area contributed by atoms with E-state index < -0.39 is 35.5 Å². The monoisotopic (exact) mass is 707 g/mol. The first-order valence-electron chi connectivity index (χ1n) is 14.8. The maximum absolute atomic E-state index is 17.1. The minimum atomic E-state index is -4.58. The third-order valence-electron chi connectivity index (χ3n) is 8.52. The molecule has 3 aliphatic rings. The number of fused-ring (bicyclic) bond motifs is 5. The Hall–Kier alpha value is -5.08. The quantitative estimate of drug-likeness (QED) is 0.172. The molecule has 12 nitrogen and oxygen atoms in total. The van der Waals surface area contributed by atoms with E-state index >= 15 is 4.48 Å². The number of hydrogen-bond donors (Lipinski definition) is 3. The molecule has 0 unspecified atom stereocenters. The van der Waals surface area contributed by atoms with Crippen molar-refractivity contribution in [1.29, 1.82) is 0 Å². The summed E-state index contributed by atoms with van der Waals surface area (Å²) in [5.74, 6) is -0.900. The third kappa shape index (κ3) is 5.54. The van der Waals surface area contributed by atoms with Gasteiger partial charge in [-0.25, -0.2) is 17.8 Å². The molecule has 0 fully saturated rings. The molecule has 3 N–H and O–H groups in total. The Morgan fingerprint density at radius 2 is 1.84 bits per heavy atom. The van der Waals surface area contributed by atoms with Crippen molar-refractivity contribution in [3.05, 3.63) is 112 Å². The number of furan rings is 1. The number of sulfonamides is 1. The van der Waals surface area contributed by atoms with E-state index in [0.717, 1.165) is 16.1 Å². The van der Waals surface area contributed by atoms with Crippen LogP contribution in [0.3, 0.4) is 0 Å². The Morgan fingerprint density at radius 1 is 1.12 bits per heavy atom. The molecular formula is C33H28F2N5O7PS. The molecule has 16 heteroatoms. The topological polar surface area (TPSA) is 156 Å². The number of amides is 1. The molecule has 7 rings (SSSR count). The molecule has 0 saturated carbocycles. The summed E-state index contributed by atoms with van der Waals surface area (Å²) in [6.45, 7) is 0. The van der Waals surface area contributed by atoms with Crippen LogP contribution in [0.2, 0.25) is 0 Å². The lowest BCUT2D eigenvalue weighted by Crippen LogP contribution is -2.37. The number of amidine groups is 1. The number of allylic oxidation sites excluding steroid dienone is 3. The van der Waals surface area contributed by atoms with Gasteiger partial charge in [-0.3, -0.25) is 18.6 Å². The van der Waals surface area contributed by atoms with Crippen molar-refractivity contribution < 1.29 is 40.9 Å². The summed E-state index contributed by atoms with van der Waals surface area (Å²) in [5.41, 5.74) is 2.46. The lowest BCUT2D eigenvalue weighted by molar-refractivity contribution is 0.0964. The van der Waals surface area contributed by atoms with Gasteiger partial charge in [0.05, 0.1) is 40.3 Å². The lowest BCUT2D eigenvalue weighted by Gasteiger charge is -2.35. The third-order valence-corrected chi connectivity index (χ3v) is 10.4. The first-order valence-corrected chi connectivity index (χ1v) is 18.5. The SMILES string of the molecule is CNC(=O)c1c(-c2ccc(F)cc2)oc2cc(N(C)S(C)(=O)=O)c(C3=CC=C4N=C(CP(=O)(O)O)N5C(=C4N3F)Cc3ccccc35)cc12. The van der Waals surface area contributed by atoms with Gasteiger partial charge in [0.25, 0.3) is 5.91 Å². The van der Waals surface area contributed by atoms with Crippen LogP contribution in [0, 0.1) is 5.82 Å². The summed E-state index contributed by atoms with van der Waals surface area (Å²) < 4.78 is 75.8. The molecule has 3 aromatic carbocycles. The normalized spacial score (nSPS) is 15.8. The molecule has 0 radical (unpaired) electrons. The van der Waals surface area contributed by atoms with Crippen molar-refractivity contribution in [2.75, 3.05) is 35.7 Å². The van der Waals surface area contributed by atoms with Gasteiger partial charge >= 0.3 is 7.60 Å². The van der Waals surface area contributed by atoms with E-state index in [1.165, 1.54) is 67.5 Å². The summed E-state index contributed by atoms with van der Waals surface area (Å²) in [4.78, 5) is 39.0. The number of benzene rings is 3. The van der Waals surface area contributed by atoms with Crippen LogP contribution in [0.1, 0.15) is 21.5 Å². The molecule has 0 atom stereocenters. The van der Waals surface area contributed by atoms with E-state index in [2.05, 4.69) is 10.3 Å². The summed E-state index contributed by atoms with van der Waals surface area (Å²) >= 11 is 0. The zero-order chi connectivity index (χ0) is 35.0. The number of anilines is 2. The maximum Gasteiger partial charge on any atom is 0.333 e. The number of hydrogen-bond acceptors (Lipinski definition) is 8. The summed E-state index contributed by atoms with van der Waals surface area (Å²) in [7, 11) is -5.77. The van der Waals surface area contributed by atoms with Crippen molar-refractivity contribution in [2.45, 2.75) is 6.42 Å². The van der Waals surface area contributed by atoms with Crippen LogP contribution in [-0.2, 0) is 21.0 Å². The van der Waals surface area contributed by atoms with Crippen molar-refractivity contribution in [1.82, 2.24) is 10.4 Å². The van der Waals surface area contributed by atoms with Crippen LogP contribution in [0.25, 0.3) is 28.0 Å². The van der Waals surface area contributed by atoms with Gasteiger partial charge in [-0.15, -0.1) is 0 Å². The van der Waals surface area contributed by atoms with Gasteiger partial charge in [-0.1, -0.05) is 22.7 Å². The highest BCUT2D eigenvalue weighted by molar-refractivity contribution is 7.92. The summed E-state index contributed by atoms with van der Waals surface area (Å²) in [6, 6.07) is 15.3. The molecule has 252 valence electrons. The van der Waals surface area contributed by atoms with Crippen molar-refractivity contribution in [2.24, 2.45) is 4.99 Å². The lowest BCUT2D eigenvalue weighted by atomic mass is 9.98. The predicted octanol–water partition coefficient (Wildman–Crippen LogP) is 5.28. The number of halogens is 2. The first-order chi connectivity index (χ1) is 23.2. The standard InChI is InChI=1S/C33H28F2N5O7PS/c1-36-33(41)30-22-15-21(26(38(2)49(3,45)46)16-28(22)47-32(30)18-8-10-20(34)11-9-18)25-13-12-23-31(40(25)35)27-14-19-6-4-5-7-24(19)39(27)29(37-23)17-48(42,43)44/h4-13,15-16H,14,17H2,1-3H3,(H,36,41)(H2,42,43,44). The second-order valence-corrected chi connectivity index (χ2v) is 15.3. The Kier molecular flexibility index (Phi) is 7.63. The molecule has 0 aliphatic carbocycles. The van der Waals surface area contributed by atoms with E-state index in [9.17, 15) is 32.0 Å². The molecule has 3 aliphatic heterocycles. The Balaban J connectivity index is 1.47. The fourth-order valence-corrected chi connectivity index (χ4v) is 7.34. The molecular weight excluding hydrogens is 679 g/mol. The van der Waals surface area contributed by atoms with Gasteiger partial charge in [0.2, 0.25) is 10.0 Å². The summed E-state index contributed by atoms with van der Waals surface area (Å²) in [6.07, 6.45) is 3.38. The van der Waals surface area contributed by atoms with Gasteiger partial charge in [0.15, 0.2) is 0 Å². The van der Waals surface area contributed by atoms with Crippen LogP contribution in [0.15, 0.2) is 99.3 Å². The molecule has 4 heterocycles. The van der Waals surface area contributed by atoms with E-state index in [0.29, 0.717) is 22.1 Å². The largest absolute Gasteiger partial charge is 0.455 e. The highest BCUT2D eigenvalue weighted by Gasteiger charge is 2.41. The fourth-order valence-electron chi connectivity index (χ4n) is 6.25. The van der Waals surface area contributed by atoms with Gasteiger partial charge in [-0.05, 0) is 54.1 Å². The van der Waals surface area contributed by atoms with Crippen LogP contribution in [0.4, 0.5) is 20.2 Å². The number of nitrogens with one attached hydrogen (secondary N) is 1. The second kappa shape index (κ2) is 11.5. The van der Waals surface area contributed by atoms with Gasteiger partial charge in [0, 0.05) is 43.1 Å². The molecule has 49 heavy (non-hydrogen) atoms. The minimum absolute atomic E-state index is 0.00179. The molecule has 1 aromatic heterocycles. The average molecular weight is 708 g/mol. The predicted molar refractivity (Wildman–Crippen MR) is 181 cm³/mol. The van der Waals surface area contributed by atoms with E-state index in [1.807, 2.05) is 6.07 Å². The fraction of sp³-hybridized carbons (Fsp3) is 0.152. The Morgan fingerprint density at radius 3 is 2.51 bits per heavy atom. The molecule has 1 amide bonds. The van der Waals surface area contributed by atoms with Crippen LogP contribution >= 0.6 is 7.60 Å². The highest BCUT2D eigenvalue weighted by Crippen LogP contribution is 2.49. The number of aliphatic imine (C=N–C) groups is 1. The van der Waals surface area contributed by atoms with Crippen molar-refractivity contribution >= 4 is 57.4 Å². The Labute approximate surface area is 279 Å². The molecule has 4 aromatic rings. The number of carbonyl (C=O) groups is 1. The molecule has 0 spiro atoms. The van der Waals surface area contributed by atoms with Crippen LogP contribution in [0.5, 0.6) is 0 Å². The van der Waals surface area contributed by atoms with Crippen molar-refractivity contribution in [3.63, 3.8) is 0 Å². The number of para-hydroxylation sites is 1. The number of nitrogens with zero attached hydrogens (tertiary/aromatic N) is 4. The zero-order valence-electron chi connectivity index (χ0n) is 26.2.